The van der Waals surface area contributed by atoms with Crippen molar-refractivity contribution >= 4 is 0 Å². The SMILES string of the molecule is CCn1c(C)nnc1CN(C)C1CCN(CC(O)c2ccccc2)C1. The summed E-state index contributed by atoms with van der Waals surface area (Å²) in [6.45, 7) is 8.55. The Hall–Kier alpha value is -1.76. The second-order valence-electron chi connectivity index (χ2n) is 6.95. The van der Waals surface area contributed by atoms with Crippen molar-refractivity contribution in [2.45, 2.75) is 45.5 Å². The summed E-state index contributed by atoms with van der Waals surface area (Å²) in [6.07, 6.45) is 0.702. The van der Waals surface area contributed by atoms with Gasteiger partial charge in [-0.05, 0) is 39.4 Å². The lowest BCUT2D eigenvalue weighted by Crippen LogP contribution is -2.36. The molecule has 1 aliphatic rings. The summed E-state index contributed by atoms with van der Waals surface area (Å²) in [5.41, 5.74) is 0.992. The number of benzene rings is 1. The van der Waals surface area contributed by atoms with Crippen LogP contribution in [0.2, 0.25) is 0 Å². The van der Waals surface area contributed by atoms with Crippen LogP contribution in [0.4, 0.5) is 0 Å². The molecule has 0 radical (unpaired) electrons. The van der Waals surface area contributed by atoms with Crippen LogP contribution in [0, 0.1) is 6.92 Å². The molecule has 1 aliphatic heterocycles. The average molecular weight is 343 g/mol. The summed E-state index contributed by atoms with van der Waals surface area (Å²) in [7, 11) is 2.16. The molecule has 1 N–H and O–H groups in total. The van der Waals surface area contributed by atoms with E-state index in [-0.39, 0.29) is 0 Å². The first-order valence-corrected chi connectivity index (χ1v) is 9.12. The molecule has 1 aromatic carbocycles. The minimum Gasteiger partial charge on any atom is -0.387 e. The monoisotopic (exact) mass is 343 g/mol. The smallest absolute Gasteiger partial charge is 0.147 e. The first-order chi connectivity index (χ1) is 12.1. The van der Waals surface area contributed by atoms with E-state index in [1.54, 1.807) is 0 Å². The van der Waals surface area contributed by atoms with Crippen LogP contribution < -0.4 is 0 Å². The van der Waals surface area contributed by atoms with Crippen molar-refractivity contribution in [3.63, 3.8) is 0 Å². The third kappa shape index (κ3) is 4.26. The highest BCUT2D eigenvalue weighted by molar-refractivity contribution is 5.17. The lowest BCUT2D eigenvalue weighted by molar-refractivity contribution is 0.120. The van der Waals surface area contributed by atoms with E-state index in [0.717, 1.165) is 49.8 Å². The first-order valence-electron chi connectivity index (χ1n) is 9.12. The van der Waals surface area contributed by atoms with Gasteiger partial charge < -0.3 is 9.67 Å². The van der Waals surface area contributed by atoms with Crippen molar-refractivity contribution in [1.29, 1.82) is 0 Å². The van der Waals surface area contributed by atoms with Crippen molar-refractivity contribution in [2.75, 3.05) is 26.7 Å². The maximum atomic E-state index is 10.4. The van der Waals surface area contributed by atoms with Crippen LogP contribution in [0.5, 0.6) is 0 Å². The number of hydrogen-bond donors (Lipinski definition) is 1. The average Bonchev–Trinajstić information content (AvgIpc) is 3.22. The van der Waals surface area contributed by atoms with Crippen LogP contribution >= 0.6 is 0 Å². The van der Waals surface area contributed by atoms with E-state index < -0.39 is 6.10 Å². The molecule has 6 heteroatoms. The molecule has 1 saturated heterocycles. The zero-order valence-electron chi connectivity index (χ0n) is 15.5. The number of hydrogen-bond acceptors (Lipinski definition) is 5. The molecule has 136 valence electrons. The van der Waals surface area contributed by atoms with Crippen LogP contribution in [-0.4, -0.2) is 62.4 Å². The van der Waals surface area contributed by atoms with Crippen molar-refractivity contribution < 1.29 is 5.11 Å². The van der Waals surface area contributed by atoms with Gasteiger partial charge in [-0.25, -0.2) is 0 Å². The highest BCUT2D eigenvalue weighted by Crippen LogP contribution is 2.20. The summed E-state index contributed by atoms with van der Waals surface area (Å²) in [6, 6.07) is 10.4. The topological polar surface area (TPSA) is 57.4 Å². The van der Waals surface area contributed by atoms with Crippen LogP contribution in [0.25, 0.3) is 0 Å². The second kappa shape index (κ2) is 8.08. The Morgan fingerprint density at radius 1 is 1.28 bits per heavy atom. The predicted molar refractivity (Wildman–Crippen MR) is 98.1 cm³/mol. The van der Waals surface area contributed by atoms with Gasteiger partial charge in [-0.3, -0.25) is 9.80 Å². The van der Waals surface area contributed by atoms with Gasteiger partial charge in [0.2, 0.25) is 0 Å². The third-order valence-electron chi connectivity index (χ3n) is 5.21. The fourth-order valence-corrected chi connectivity index (χ4v) is 3.67. The van der Waals surface area contributed by atoms with E-state index in [9.17, 15) is 5.11 Å². The maximum Gasteiger partial charge on any atom is 0.147 e. The van der Waals surface area contributed by atoms with Crippen molar-refractivity contribution in [2.24, 2.45) is 0 Å². The van der Waals surface area contributed by atoms with Gasteiger partial charge >= 0.3 is 0 Å². The minimum atomic E-state index is -0.420. The summed E-state index contributed by atoms with van der Waals surface area (Å²) in [4.78, 5) is 4.72. The summed E-state index contributed by atoms with van der Waals surface area (Å²) < 4.78 is 2.17. The molecule has 2 unspecified atom stereocenters. The fourth-order valence-electron chi connectivity index (χ4n) is 3.67. The Kier molecular flexibility index (Phi) is 5.83. The summed E-state index contributed by atoms with van der Waals surface area (Å²) in [5.74, 6) is 2.01. The Labute approximate surface area is 150 Å². The third-order valence-corrected chi connectivity index (χ3v) is 5.21. The summed E-state index contributed by atoms with van der Waals surface area (Å²) >= 11 is 0. The van der Waals surface area contributed by atoms with Crippen LogP contribution in [0.3, 0.4) is 0 Å². The maximum absolute atomic E-state index is 10.4. The number of likely N-dealkylation sites (N-methyl/N-ethyl adjacent to an activating group) is 1. The predicted octanol–water partition coefficient (Wildman–Crippen LogP) is 1.85. The molecule has 0 bridgehead atoms. The number of rotatable bonds is 7. The number of aryl methyl sites for hydroxylation is 1. The zero-order valence-corrected chi connectivity index (χ0v) is 15.5. The lowest BCUT2D eigenvalue weighted by Gasteiger charge is -2.25. The molecule has 1 aromatic heterocycles. The Balaban J connectivity index is 1.53. The Morgan fingerprint density at radius 2 is 2.04 bits per heavy atom. The van der Waals surface area contributed by atoms with Gasteiger partial charge in [0, 0.05) is 25.7 Å². The van der Waals surface area contributed by atoms with E-state index in [4.69, 9.17) is 0 Å². The molecule has 6 nitrogen and oxygen atoms in total. The number of β-amino-alcohol motifs (C(OH)–C–C–N with tert-alkyl or cyclic N) is 1. The van der Waals surface area contributed by atoms with Gasteiger partial charge in [-0.15, -0.1) is 10.2 Å². The Bertz CT molecular complexity index is 672. The van der Waals surface area contributed by atoms with Gasteiger partial charge in [0.1, 0.15) is 11.6 Å². The second-order valence-corrected chi connectivity index (χ2v) is 6.95. The molecule has 3 rings (SSSR count). The molecule has 0 aliphatic carbocycles. The molecule has 25 heavy (non-hydrogen) atoms. The molecular weight excluding hydrogens is 314 g/mol. The molecular formula is C19H29N5O. The summed E-state index contributed by atoms with van der Waals surface area (Å²) in [5, 5.41) is 19.0. The van der Waals surface area contributed by atoms with Gasteiger partial charge in [-0.2, -0.15) is 0 Å². The van der Waals surface area contributed by atoms with Crippen LogP contribution in [0.15, 0.2) is 30.3 Å². The van der Waals surface area contributed by atoms with E-state index >= 15 is 0 Å². The van der Waals surface area contributed by atoms with Gasteiger partial charge in [0.25, 0.3) is 0 Å². The van der Waals surface area contributed by atoms with E-state index in [1.165, 1.54) is 0 Å². The van der Waals surface area contributed by atoms with E-state index in [2.05, 4.69) is 38.5 Å². The number of aliphatic hydroxyl groups is 1. The Morgan fingerprint density at radius 3 is 2.76 bits per heavy atom. The largest absolute Gasteiger partial charge is 0.387 e. The standard InChI is InChI=1S/C19H29N5O/c1-4-24-15(2)20-21-19(24)14-22(3)17-10-11-23(12-17)13-18(25)16-8-6-5-7-9-16/h5-9,17-18,25H,4,10-14H2,1-3H3. The van der Waals surface area contributed by atoms with E-state index in [1.807, 2.05) is 37.3 Å². The lowest BCUT2D eigenvalue weighted by atomic mass is 10.1. The molecule has 2 aromatic rings. The molecule has 2 heterocycles. The van der Waals surface area contributed by atoms with Gasteiger partial charge in [0.05, 0.1) is 12.6 Å². The quantitative estimate of drug-likeness (QED) is 0.831. The van der Waals surface area contributed by atoms with Crippen LogP contribution in [0.1, 0.15) is 36.7 Å². The van der Waals surface area contributed by atoms with Crippen molar-refractivity contribution in [3.8, 4) is 0 Å². The van der Waals surface area contributed by atoms with E-state index in [0.29, 0.717) is 12.6 Å². The number of aromatic nitrogens is 3. The highest BCUT2D eigenvalue weighted by Gasteiger charge is 2.28. The van der Waals surface area contributed by atoms with Crippen molar-refractivity contribution in [3.05, 3.63) is 47.5 Å². The first kappa shape index (κ1) is 18.0. The number of likely N-dealkylation sites (tertiary alicyclic amines) is 1. The normalized spacial score (nSPS) is 19.6. The fraction of sp³-hybridized carbons (Fsp3) is 0.579. The minimum absolute atomic E-state index is 0.420. The van der Waals surface area contributed by atoms with Crippen molar-refractivity contribution in [1.82, 2.24) is 24.6 Å². The number of nitrogens with zero attached hydrogens (tertiary/aromatic N) is 5. The highest BCUT2D eigenvalue weighted by atomic mass is 16.3. The molecule has 1 fully saturated rings. The van der Waals surface area contributed by atoms with Crippen LogP contribution in [-0.2, 0) is 13.1 Å². The molecule has 0 saturated carbocycles. The molecule has 0 spiro atoms. The molecule has 0 amide bonds. The van der Waals surface area contributed by atoms with Gasteiger partial charge in [0.15, 0.2) is 0 Å². The number of aliphatic hydroxyl groups excluding tert-OH is 1. The zero-order chi connectivity index (χ0) is 17.8. The molecule has 2 atom stereocenters. The van der Waals surface area contributed by atoms with Gasteiger partial charge in [-0.1, -0.05) is 30.3 Å².